The van der Waals surface area contributed by atoms with E-state index in [1.165, 1.54) is 5.56 Å². The van der Waals surface area contributed by atoms with Gasteiger partial charge in [0.1, 0.15) is 0 Å². The number of rotatable bonds is 7. The van der Waals surface area contributed by atoms with E-state index in [9.17, 15) is 0 Å². The average Bonchev–Trinajstić information content (AvgIpc) is 2.78. The molecule has 0 amide bonds. The normalized spacial score (nSPS) is 26.7. The summed E-state index contributed by atoms with van der Waals surface area (Å²) in [6, 6.07) is 10.7. The van der Waals surface area contributed by atoms with Crippen molar-refractivity contribution in [1.29, 1.82) is 0 Å². The Balaban J connectivity index is 1.99. The maximum Gasteiger partial charge on any atom is 0.0619 e. The molecule has 2 atom stereocenters. The van der Waals surface area contributed by atoms with Crippen molar-refractivity contribution < 1.29 is 9.47 Å². The Kier molecular flexibility index (Phi) is 5.37. The van der Waals surface area contributed by atoms with E-state index >= 15 is 0 Å². The molecule has 106 valence electrons. The van der Waals surface area contributed by atoms with Crippen molar-refractivity contribution in [2.24, 2.45) is 5.41 Å². The number of hydrogen-bond donors (Lipinski definition) is 1. The lowest BCUT2D eigenvalue weighted by molar-refractivity contribution is 0.0619. The van der Waals surface area contributed by atoms with E-state index in [1.54, 1.807) is 7.11 Å². The number of methoxy groups -OCH3 is 1. The first-order valence-corrected chi connectivity index (χ1v) is 7.12. The van der Waals surface area contributed by atoms with E-state index in [2.05, 4.69) is 42.6 Å². The van der Waals surface area contributed by atoms with Gasteiger partial charge in [-0.1, -0.05) is 30.3 Å². The summed E-state index contributed by atoms with van der Waals surface area (Å²) in [4.78, 5) is 0. The van der Waals surface area contributed by atoms with E-state index in [-0.39, 0.29) is 5.41 Å². The van der Waals surface area contributed by atoms with Gasteiger partial charge in [0, 0.05) is 32.2 Å². The third-order valence-electron chi connectivity index (χ3n) is 4.19. The van der Waals surface area contributed by atoms with Gasteiger partial charge < -0.3 is 14.8 Å². The molecule has 2 unspecified atom stereocenters. The summed E-state index contributed by atoms with van der Waals surface area (Å²) < 4.78 is 10.9. The van der Waals surface area contributed by atoms with Crippen molar-refractivity contribution >= 4 is 0 Å². The first-order valence-electron chi connectivity index (χ1n) is 7.12. The van der Waals surface area contributed by atoms with Crippen LogP contribution in [0.5, 0.6) is 0 Å². The van der Waals surface area contributed by atoms with Gasteiger partial charge in [0.2, 0.25) is 0 Å². The van der Waals surface area contributed by atoms with Gasteiger partial charge in [-0.05, 0) is 25.3 Å². The van der Waals surface area contributed by atoms with Gasteiger partial charge in [-0.3, -0.25) is 0 Å². The van der Waals surface area contributed by atoms with Crippen molar-refractivity contribution in [3.63, 3.8) is 0 Å². The van der Waals surface area contributed by atoms with Crippen LogP contribution in [-0.2, 0) is 15.9 Å². The summed E-state index contributed by atoms with van der Waals surface area (Å²) in [7, 11) is 1.74. The van der Waals surface area contributed by atoms with Crippen LogP contribution in [0.25, 0.3) is 0 Å². The van der Waals surface area contributed by atoms with E-state index in [0.717, 1.165) is 39.1 Å². The molecule has 0 saturated carbocycles. The molecule has 1 fully saturated rings. The topological polar surface area (TPSA) is 30.5 Å². The van der Waals surface area contributed by atoms with Crippen LogP contribution in [0.2, 0.25) is 0 Å². The summed E-state index contributed by atoms with van der Waals surface area (Å²) in [5.41, 5.74) is 1.61. The van der Waals surface area contributed by atoms with Crippen molar-refractivity contribution in [2.45, 2.75) is 25.9 Å². The number of benzene rings is 1. The predicted octanol–water partition coefficient (Wildman–Crippen LogP) is 2.26. The second-order valence-corrected chi connectivity index (χ2v) is 5.46. The molecular formula is C16H25NO2. The molecule has 1 N–H and O–H groups in total. The van der Waals surface area contributed by atoms with Crippen molar-refractivity contribution in [1.82, 2.24) is 5.32 Å². The Morgan fingerprint density at radius 1 is 1.37 bits per heavy atom. The van der Waals surface area contributed by atoms with Crippen LogP contribution >= 0.6 is 0 Å². The quantitative estimate of drug-likeness (QED) is 0.765. The third kappa shape index (κ3) is 3.78. The maximum absolute atomic E-state index is 5.83. The Labute approximate surface area is 116 Å². The van der Waals surface area contributed by atoms with Gasteiger partial charge in [-0.25, -0.2) is 0 Å². The molecule has 0 aliphatic carbocycles. The number of ether oxygens (including phenoxy) is 2. The summed E-state index contributed by atoms with van der Waals surface area (Å²) in [6.45, 7) is 5.73. The van der Waals surface area contributed by atoms with Crippen molar-refractivity contribution in [3.05, 3.63) is 35.9 Å². The molecule has 0 bridgehead atoms. The summed E-state index contributed by atoms with van der Waals surface area (Å²) >= 11 is 0. The number of nitrogens with one attached hydrogen (secondary N) is 1. The summed E-state index contributed by atoms with van der Waals surface area (Å²) in [5, 5.41) is 3.51. The molecule has 19 heavy (non-hydrogen) atoms. The zero-order chi connectivity index (χ0) is 13.6. The highest BCUT2D eigenvalue weighted by Gasteiger charge is 2.41. The van der Waals surface area contributed by atoms with E-state index in [4.69, 9.17) is 9.47 Å². The maximum atomic E-state index is 5.83. The highest BCUT2D eigenvalue weighted by atomic mass is 16.5. The first-order chi connectivity index (χ1) is 9.27. The monoisotopic (exact) mass is 263 g/mol. The molecule has 0 aromatic heterocycles. The van der Waals surface area contributed by atoms with Crippen LogP contribution < -0.4 is 5.32 Å². The molecule has 3 nitrogen and oxygen atoms in total. The first kappa shape index (κ1) is 14.5. The molecule has 2 rings (SSSR count). The minimum absolute atomic E-state index is 0.217. The molecular weight excluding hydrogens is 238 g/mol. The Morgan fingerprint density at radius 3 is 2.79 bits per heavy atom. The van der Waals surface area contributed by atoms with Crippen LogP contribution in [-0.4, -0.2) is 39.5 Å². The van der Waals surface area contributed by atoms with E-state index in [0.29, 0.717) is 6.10 Å². The van der Waals surface area contributed by atoms with E-state index in [1.807, 2.05) is 0 Å². The fraction of sp³-hybridized carbons (Fsp3) is 0.625. The van der Waals surface area contributed by atoms with Crippen molar-refractivity contribution in [3.8, 4) is 0 Å². The lowest BCUT2D eigenvalue weighted by Gasteiger charge is -2.33. The molecule has 1 aliphatic rings. The van der Waals surface area contributed by atoms with Gasteiger partial charge in [0.25, 0.3) is 0 Å². The summed E-state index contributed by atoms with van der Waals surface area (Å²) in [6.07, 6.45) is 2.51. The smallest absolute Gasteiger partial charge is 0.0619 e. The fourth-order valence-corrected chi connectivity index (χ4v) is 2.86. The van der Waals surface area contributed by atoms with Crippen LogP contribution in [0.1, 0.15) is 18.9 Å². The molecule has 0 spiro atoms. The Hall–Kier alpha value is -0.900. The highest BCUT2D eigenvalue weighted by molar-refractivity contribution is 5.18. The molecule has 3 heteroatoms. The minimum Gasteiger partial charge on any atom is -0.383 e. The zero-order valence-corrected chi connectivity index (χ0v) is 12.0. The van der Waals surface area contributed by atoms with E-state index < -0.39 is 0 Å². The van der Waals surface area contributed by atoms with Gasteiger partial charge >= 0.3 is 0 Å². The van der Waals surface area contributed by atoms with Gasteiger partial charge in [-0.2, -0.15) is 0 Å². The average molecular weight is 263 g/mol. The van der Waals surface area contributed by atoms with Crippen LogP contribution in [0.4, 0.5) is 0 Å². The molecule has 1 aromatic carbocycles. The lowest BCUT2D eigenvalue weighted by atomic mass is 9.76. The van der Waals surface area contributed by atoms with Gasteiger partial charge in [0.05, 0.1) is 12.7 Å². The highest BCUT2D eigenvalue weighted by Crippen LogP contribution is 2.37. The molecule has 1 aromatic rings. The second kappa shape index (κ2) is 7.04. The fourth-order valence-electron chi connectivity index (χ4n) is 2.86. The second-order valence-electron chi connectivity index (χ2n) is 5.46. The zero-order valence-electron chi connectivity index (χ0n) is 12.0. The third-order valence-corrected chi connectivity index (χ3v) is 4.19. The minimum atomic E-state index is 0.217. The van der Waals surface area contributed by atoms with Crippen molar-refractivity contribution in [2.75, 3.05) is 33.4 Å². The summed E-state index contributed by atoms with van der Waals surface area (Å²) in [5.74, 6) is 0. The molecule has 1 aliphatic heterocycles. The standard InChI is InChI=1S/C16H25NO2/c1-14-16(8-10-19-14,13-17-9-11-18-2)12-15-6-4-3-5-7-15/h3-7,14,17H,8-13H2,1-2H3. The largest absolute Gasteiger partial charge is 0.383 e. The number of hydrogen-bond acceptors (Lipinski definition) is 3. The predicted molar refractivity (Wildman–Crippen MR) is 77.4 cm³/mol. The van der Waals surface area contributed by atoms with Crippen LogP contribution in [0, 0.1) is 5.41 Å². The molecule has 1 heterocycles. The van der Waals surface area contributed by atoms with Crippen LogP contribution in [0.15, 0.2) is 30.3 Å². The lowest BCUT2D eigenvalue weighted by Crippen LogP contribution is -2.42. The molecule has 1 saturated heterocycles. The SMILES string of the molecule is COCCNCC1(Cc2ccccc2)CCOC1C. The van der Waals surface area contributed by atoms with Crippen LogP contribution in [0.3, 0.4) is 0 Å². The van der Waals surface area contributed by atoms with Gasteiger partial charge in [0.15, 0.2) is 0 Å². The Morgan fingerprint density at radius 2 is 2.16 bits per heavy atom. The Bertz CT molecular complexity index is 368. The molecule has 0 radical (unpaired) electrons. The van der Waals surface area contributed by atoms with Gasteiger partial charge in [-0.15, -0.1) is 0 Å².